The SMILES string of the molecule is CCOc1cc(C)ccc1NCc1cccc(F)c1. The number of nitrogens with one attached hydrogen (secondary N) is 1. The van der Waals surface area contributed by atoms with Gasteiger partial charge in [0.25, 0.3) is 0 Å². The van der Waals surface area contributed by atoms with Crippen LogP contribution in [0.15, 0.2) is 42.5 Å². The number of rotatable bonds is 5. The molecule has 0 aliphatic carbocycles. The highest BCUT2D eigenvalue weighted by Crippen LogP contribution is 2.26. The van der Waals surface area contributed by atoms with Crippen molar-refractivity contribution in [1.29, 1.82) is 0 Å². The summed E-state index contributed by atoms with van der Waals surface area (Å²) in [6.07, 6.45) is 0. The number of hydrogen-bond acceptors (Lipinski definition) is 2. The van der Waals surface area contributed by atoms with Crippen LogP contribution in [0.1, 0.15) is 18.1 Å². The second kappa shape index (κ2) is 6.23. The first-order valence-electron chi connectivity index (χ1n) is 6.41. The maximum atomic E-state index is 13.1. The van der Waals surface area contributed by atoms with Gasteiger partial charge in [0.05, 0.1) is 12.3 Å². The van der Waals surface area contributed by atoms with Crippen molar-refractivity contribution in [3.8, 4) is 5.75 Å². The molecule has 0 unspecified atom stereocenters. The largest absolute Gasteiger partial charge is 0.492 e. The van der Waals surface area contributed by atoms with Crippen LogP contribution in [0.4, 0.5) is 10.1 Å². The average Bonchev–Trinajstić information content (AvgIpc) is 2.38. The van der Waals surface area contributed by atoms with E-state index < -0.39 is 0 Å². The molecule has 0 heterocycles. The molecule has 0 saturated heterocycles. The monoisotopic (exact) mass is 259 g/mol. The molecule has 0 bridgehead atoms. The van der Waals surface area contributed by atoms with E-state index in [0.717, 1.165) is 22.6 Å². The van der Waals surface area contributed by atoms with Crippen LogP contribution in [0.25, 0.3) is 0 Å². The molecule has 19 heavy (non-hydrogen) atoms. The highest BCUT2D eigenvalue weighted by Gasteiger charge is 2.04. The zero-order valence-corrected chi connectivity index (χ0v) is 11.2. The lowest BCUT2D eigenvalue weighted by Crippen LogP contribution is -2.03. The Kier molecular flexibility index (Phi) is 4.39. The minimum absolute atomic E-state index is 0.215. The van der Waals surface area contributed by atoms with Crippen molar-refractivity contribution in [2.45, 2.75) is 20.4 Å². The van der Waals surface area contributed by atoms with Gasteiger partial charge in [0.2, 0.25) is 0 Å². The molecule has 0 saturated carbocycles. The molecule has 0 spiro atoms. The van der Waals surface area contributed by atoms with Crippen molar-refractivity contribution in [3.05, 3.63) is 59.4 Å². The van der Waals surface area contributed by atoms with Crippen molar-refractivity contribution in [2.24, 2.45) is 0 Å². The molecule has 0 fully saturated rings. The van der Waals surface area contributed by atoms with Gasteiger partial charge in [0.15, 0.2) is 0 Å². The van der Waals surface area contributed by atoms with Crippen molar-refractivity contribution in [1.82, 2.24) is 0 Å². The number of anilines is 1. The summed E-state index contributed by atoms with van der Waals surface area (Å²) in [7, 11) is 0. The molecule has 0 aromatic heterocycles. The minimum Gasteiger partial charge on any atom is -0.492 e. The molecule has 2 aromatic rings. The van der Waals surface area contributed by atoms with Crippen molar-refractivity contribution < 1.29 is 9.13 Å². The standard InChI is InChI=1S/C16H18FNO/c1-3-19-16-9-12(2)7-8-15(16)18-11-13-5-4-6-14(17)10-13/h4-10,18H,3,11H2,1-2H3. The van der Waals surface area contributed by atoms with Gasteiger partial charge in [-0.25, -0.2) is 4.39 Å². The molecule has 2 nitrogen and oxygen atoms in total. The molecular weight excluding hydrogens is 241 g/mol. The summed E-state index contributed by atoms with van der Waals surface area (Å²) < 4.78 is 18.7. The zero-order valence-electron chi connectivity index (χ0n) is 11.2. The molecule has 3 heteroatoms. The Labute approximate surface area is 113 Å². The van der Waals surface area contributed by atoms with E-state index in [1.54, 1.807) is 6.07 Å². The molecule has 0 aliphatic heterocycles. The summed E-state index contributed by atoms with van der Waals surface area (Å²) in [6.45, 7) is 5.18. The second-order valence-electron chi connectivity index (χ2n) is 4.42. The lowest BCUT2D eigenvalue weighted by Gasteiger charge is -2.13. The van der Waals surface area contributed by atoms with Crippen LogP contribution >= 0.6 is 0 Å². The summed E-state index contributed by atoms with van der Waals surface area (Å²) in [4.78, 5) is 0. The average molecular weight is 259 g/mol. The van der Waals surface area contributed by atoms with Crippen LogP contribution in [-0.4, -0.2) is 6.61 Å². The Morgan fingerprint density at radius 2 is 2.00 bits per heavy atom. The minimum atomic E-state index is -0.215. The Morgan fingerprint density at radius 1 is 1.16 bits per heavy atom. The normalized spacial score (nSPS) is 10.3. The fourth-order valence-corrected chi connectivity index (χ4v) is 1.89. The van der Waals surface area contributed by atoms with Gasteiger partial charge in [-0.2, -0.15) is 0 Å². The number of hydrogen-bond donors (Lipinski definition) is 1. The zero-order chi connectivity index (χ0) is 13.7. The molecule has 0 aliphatic rings. The van der Waals surface area contributed by atoms with Crippen LogP contribution in [0.5, 0.6) is 5.75 Å². The molecule has 2 rings (SSSR count). The van der Waals surface area contributed by atoms with Crippen LogP contribution in [0, 0.1) is 12.7 Å². The Balaban J connectivity index is 2.10. The van der Waals surface area contributed by atoms with Crippen LogP contribution in [-0.2, 0) is 6.54 Å². The molecule has 0 amide bonds. The van der Waals surface area contributed by atoms with E-state index in [0.29, 0.717) is 13.2 Å². The van der Waals surface area contributed by atoms with E-state index in [4.69, 9.17) is 4.74 Å². The Hall–Kier alpha value is -2.03. The lowest BCUT2D eigenvalue weighted by atomic mass is 10.2. The maximum Gasteiger partial charge on any atom is 0.142 e. The predicted molar refractivity (Wildman–Crippen MR) is 76.1 cm³/mol. The molecule has 1 N–H and O–H groups in total. The van der Waals surface area contributed by atoms with Gasteiger partial charge in [-0.15, -0.1) is 0 Å². The first-order valence-corrected chi connectivity index (χ1v) is 6.41. The maximum absolute atomic E-state index is 13.1. The van der Waals surface area contributed by atoms with Crippen LogP contribution in [0.3, 0.4) is 0 Å². The quantitative estimate of drug-likeness (QED) is 0.871. The first kappa shape index (κ1) is 13.4. The van der Waals surface area contributed by atoms with E-state index in [1.807, 2.05) is 38.1 Å². The van der Waals surface area contributed by atoms with Gasteiger partial charge in [0.1, 0.15) is 11.6 Å². The predicted octanol–water partition coefficient (Wildman–Crippen LogP) is 4.14. The van der Waals surface area contributed by atoms with Gasteiger partial charge in [-0.1, -0.05) is 18.2 Å². The van der Waals surface area contributed by atoms with E-state index in [9.17, 15) is 4.39 Å². The van der Waals surface area contributed by atoms with E-state index in [-0.39, 0.29) is 5.82 Å². The molecule has 0 atom stereocenters. The smallest absolute Gasteiger partial charge is 0.142 e. The molecular formula is C16H18FNO. The molecule has 0 radical (unpaired) electrons. The topological polar surface area (TPSA) is 21.3 Å². The molecule has 2 aromatic carbocycles. The van der Waals surface area contributed by atoms with Crippen LogP contribution < -0.4 is 10.1 Å². The van der Waals surface area contributed by atoms with Crippen molar-refractivity contribution in [2.75, 3.05) is 11.9 Å². The van der Waals surface area contributed by atoms with Crippen molar-refractivity contribution in [3.63, 3.8) is 0 Å². The third kappa shape index (κ3) is 3.71. The fraction of sp³-hybridized carbons (Fsp3) is 0.250. The highest BCUT2D eigenvalue weighted by atomic mass is 19.1. The van der Waals surface area contributed by atoms with Gasteiger partial charge < -0.3 is 10.1 Å². The Morgan fingerprint density at radius 3 is 2.74 bits per heavy atom. The lowest BCUT2D eigenvalue weighted by molar-refractivity contribution is 0.341. The number of aryl methyl sites for hydroxylation is 1. The number of ether oxygens (including phenoxy) is 1. The van der Waals surface area contributed by atoms with E-state index in [2.05, 4.69) is 5.32 Å². The third-order valence-corrected chi connectivity index (χ3v) is 2.81. The third-order valence-electron chi connectivity index (χ3n) is 2.81. The van der Waals surface area contributed by atoms with Gasteiger partial charge in [-0.05, 0) is 49.2 Å². The first-order chi connectivity index (χ1) is 9.19. The summed E-state index contributed by atoms with van der Waals surface area (Å²) in [5.41, 5.74) is 2.99. The van der Waals surface area contributed by atoms with Crippen LogP contribution in [0.2, 0.25) is 0 Å². The summed E-state index contributed by atoms with van der Waals surface area (Å²) in [5, 5.41) is 3.28. The van der Waals surface area contributed by atoms with Gasteiger partial charge >= 0.3 is 0 Å². The molecule has 100 valence electrons. The van der Waals surface area contributed by atoms with Crippen molar-refractivity contribution >= 4 is 5.69 Å². The summed E-state index contributed by atoms with van der Waals surface area (Å²) in [5.74, 6) is 0.618. The van der Waals surface area contributed by atoms with E-state index >= 15 is 0 Å². The second-order valence-corrected chi connectivity index (χ2v) is 4.42. The number of benzene rings is 2. The number of halogens is 1. The van der Waals surface area contributed by atoms with Gasteiger partial charge in [-0.3, -0.25) is 0 Å². The van der Waals surface area contributed by atoms with E-state index in [1.165, 1.54) is 12.1 Å². The fourth-order valence-electron chi connectivity index (χ4n) is 1.89. The summed E-state index contributed by atoms with van der Waals surface area (Å²) >= 11 is 0. The van der Waals surface area contributed by atoms with Gasteiger partial charge in [0, 0.05) is 6.54 Å². The highest BCUT2D eigenvalue weighted by molar-refractivity contribution is 5.57. The Bertz CT molecular complexity index is 554. The summed E-state index contributed by atoms with van der Waals surface area (Å²) in [6, 6.07) is 12.6.